The molecule has 2 fully saturated rings. The lowest BCUT2D eigenvalue weighted by molar-refractivity contribution is -0.132. The third kappa shape index (κ3) is 5.51. The van der Waals surface area contributed by atoms with Gasteiger partial charge in [0.15, 0.2) is 15.0 Å². The van der Waals surface area contributed by atoms with Crippen LogP contribution < -0.4 is 0 Å². The molecule has 1 unspecified atom stereocenters. The van der Waals surface area contributed by atoms with Gasteiger partial charge in [-0.2, -0.15) is 0 Å². The lowest BCUT2D eigenvalue weighted by Crippen LogP contribution is -2.42. The number of nitrogens with zero attached hydrogens (tertiary/aromatic N) is 4. The largest absolute Gasteiger partial charge is 0.335 e. The number of carbonyl (C=O) groups excluding carboxylic acids is 1. The molecule has 10 heteroatoms. The first-order chi connectivity index (χ1) is 15.3. The standard InChI is InChI=1S/C22H29FN4O3S2/c1-26-21(17-11-12-32(29,30)15-17)24-25-22(26)31-14-20(28)27(19-5-3-2-4-6-19)13-16-7-9-18(23)10-8-16/h7-10,17,19H,2-6,11-15H2,1H3. The summed E-state index contributed by atoms with van der Waals surface area (Å²) < 4.78 is 38.7. The van der Waals surface area contributed by atoms with E-state index in [0.717, 1.165) is 31.2 Å². The summed E-state index contributed by atoms with van der Waals surface area (Å²) in [5, 5.41) is 9.05. The van der Waals surface area contributed by atoms with Crippen LogP contribution in [0.25, 0.3) is 0 Å². The van der Waals surface area contributed by atoms with Crippen LogP contribution in [0.4, 0.5) is 4.39 Å². The zero-order valence-electron chi connectivity index (χ0n) is 18.2. The second-order valence-corrected chi connectivity index (χ2v) is 11.9. The van der Waals surface area contributed by atoms with Crippen molar-refractivity contribution in [2.24, 2.45) is 7.05 Å². The van der Waals surface area contributed by atoms with Gasteiger partial charge in [0, 0.05) is 25.6 Å². The maximum absolute atomic E-state index is 13.3. The van der Waals surface area contributed by atoms with E-state index in [1.807, 2.05) is 16.5 Å². The molecule has 0 radical (unpaired) electrons. The number of aromatic nitrogens is 3. The van der Waals surface area contributed by atoms with Crippen LogP contribution >= 0.6 is 11.8 Å². The molecule has 1 atom stereocenters. The van der Waals surface area contributed by atoms with Crippen molar-refractivity contribution in [2.75, 3.05) is 17.3 Å². The highest BCUT2D eigenvalue weighted by molar-refractivity contribution is 7.99. The predicted molar refractivity (Wildman–Crippen MR) is 122 cm³/mol. The third-order valence-electron chi connectivity index (χ3n) is 6.39. The van der Waals surface area contributed by atoms with Crippen molar-refractivity contribution in [3.8, 4) is 0 Å². The fourth-order valence-corrected chi connectivity index (χ4v) is 7.16. The normalized spacial score (nSPS) is 21.0. The molecule has 2 aromatic rings. The molecule has 1 aliphatic heterocycles. The fourth-order valence-electron chi connectivity index (χ4n) is 4.62. The Morgan fingerprint density at radius 3 is 2.53 bits per heavy atom. The van der Waals surface area contributed by atoms with E-state index in [4.69, 9.17) is 0 Å². The molecule has 2 aliphatic rings. The van der Waals surface area contributed by atoms with Gasteiger partial charge in [-0.05, 0) is 37.0 Å². The molecule has 1 aromatic carbocycles. The van der Waals surface area contributed by atoms with E-state index in [2.05, 4.69) is 10.2 Å². The molecule has 1 saturated heterocycles. The van der Waals surface area contributed by atoms with Gasteiger partial charge in [-0.3, -0.25) is 4.79 Å². The number of thioether (sulfide) groups is 1. The third-order valence-corrected chi connectivity index (χ3v) is 9.17. The summed E-state index contributed by atoms with van der Waals surface area (Å²) in [5.41, 5.74) is 0.915. The second-order valence-electron chi connectivity index (χ2n) is 8.73. The highest BCUT2D eigenvalue weighted by Gasteiger charge is 2.33. The van der Waals surface area contributed by atoms with Crippen molar-refractivity contribution in [3.05, 3.63) is 41.5 Å². The Labute approximate surface area is 192 Å². The van der Waals surface area contributed by atoms with Gasteiger partial charge in [-0.15, -0.1) is 10.2 Å². The second kappa shape index (κ2) is 9.91. The first-order valence-corrected chi connectivity index (χ1v) is 13.9. The molecular formula is C22H29FN4O3S2. The highest BCUT2D eigenvalue weighted by atomic mass is 32.2. The van der Waals surface area contributed by atoms with Crippen LogP contribution in [-0.4, -0.2) is 57.3 Å². The molecule has 1 aliphatic carbocycles. The summed E-state index contributed by atoms with van der Waals surface area (Å²) in [6.45, 7) is 0.467. The van der Waals surface area contributed by atoms with Crippen LogP contribution in [0.15, 0.2) is 29.4 Å². The first kappa shape index (κ1) is 23.2. The quantitative estimate of drug-likeness (QED) is 0.566. The van der Waals surface area contributed by atoms with E-state index >= 15 is 0 Å². The Bertz CT molecular complexity index is 1050. The van der Waals surface area contributed by atoms with Gasteiger partial charge < -0.3 is 9.47 Å². The van der Waals surface area contributed by atoms with Gasteiger partial charge in [0.25, 0.3) is 0 Å². The number of hydrogen-bond donors (Lipinski definition) is 0. The smallest absolute Gasteiger partial charge is 0.233 e. The van der Waals surface area contributed by atoms with Crippen molar-refractivity contribution >= 4 is 27.5 Å². The molecule has 0 N–H and O–H groups in total. The number of carbonyl (C=O) groups is 1. The van der Waals surface area contributed by atoms with Crippen molar-refractivity contribution < 1.29 is 17.6 Å². The van der Waals surface area contributed by atoms with Gasteiger partial charge in [0.05, 0.1) is 17.3 Å². The SMILES string of the molecule is Cn1c(SCC(=O)N(Cc2ccc(F)cc2)C2CCCCC2)nnc1C1CCS(=O)(=O)C1. The summed E-state index contributed by atoms with van der Waals surface area (Å²) in [4.78, 5) is 15.2. The zero-order valence-corrected chi connectivity index (χ0v) is 19.9. The number of hydrogen-bond acceptors (Lipinski definition) is 6. The molecule has 0 bridgehead atoms. The molecule has 0 spiro atoms. The summed E-state index contributed by atoms with van der Waals surface area (Å²) in [7, 11) is -1.18. The molecule has 1 amide bonds. The average molecular weight is 481 g/mol. The summed E-state index contributed by atoms with van der Waals surface area (Å²) in [6.07, 6.45) is 5.96. The van der Waals surface area contributed by atoms with Gasteiger partial charge in [-0.25, -0.2) is 12.8 Å². The number of halogens is 1. The Morgan fingerprint density at radius 2 is 1.88 bits per heavy atom. The highest BCUT2D eigenvalue weighted by Crippen LogP contribution is 2.30. The van der Waals surface area contributed by atoms with Crippen LogP contribution in [0.5, 0.6) is 0 Å². The van der Waals surface area contributed by atoms with Crippen LogP contribution in [0, 0.1) is 5.82 Å². The minimum absolute atomic E-state index is 0.0271. The number of rotatable bonds is 7. The Balaban J connectivity index is 1.43. The minimum atomic E-state index is -3.01. The zero-order chi connectivity index (χ0) is 22.7. The van der Waals surface area contributed by atoms with Crippen LogP contribution in [0.1, 0.15) is 55.8 Å². The van der Waals surface area contributed by atoms with E-state index < -0.39 is 9.84 Å². The van der Waals surface area contributed by atoms with Crippen molar-refractivity contribution in [2.45, 2.75) is 62.2 Å². The molecule has 174 valence electrons. The molecule has 7 nitrogen and oxygen atoms in total. The Kier molecular flexibility index (Phi) is 7.19. The van der Waals surface area contributed by atoms with Crippen molar-refractivity contribution in [1.82, 2.24) is 19.7 Å². The van der Waals surface area contributed by atoms with Gasteiger partial charge in [-0.1, -0.05) is 43.2 Å². The summed E-state index contributed by atoms with van der Waals surface area (Å²) in [6, 6.07) is 6.52. The summed E-state index contributed by atoms with van der Waals surface area (Å²) in [5.74, 6) is 0.788. The van der Waals surface area contributed by atoms with Crippen LogP contribution in [0.2, 0.25) is 0 Å². The molecule has 4 rings (SSSR count). The Morgan fingerprint density at radius 1 is 1.16 bits per heavy atom. The molecular weight excluding hydrogens is 451 g/mol. The van der Waals surface area contributed by atoms with E-state index in [9.17, 15) is 17.6 Å². The van der Waals surface area contributed by atoms with Gasteiger partial charge >= 0.3 is 0 Å². The lowest BCUT2D eigenvalue weighted by Gasteiger charge is -2.34. The maximum atomic E-state index is 13.3. The molecule has 32 heavy (non-hydrogen) atoms. The maximum Gasteiger partial charge on any atom is 0.233 e. The topological polar surface area (TPSA) is 85.2 Å². The van der Waals surface area contributed by atoms with Crippen molar-refractivity contribution in [1.29, 1.82) is 0 Å². The van der Waals surface area contributed by atoms with Crippen LogP contribution in [0.3, 0.4) is 0 Å². The van der Waals surface area contributed by atoms with Gasteiger partial charge in [0.1, 0.15) is 11.6 Å². The van der Waals surface area contributed by atoms with E-state index in [1.165, 1.54) is 30.3 Å². The number of sulfone groups is 1. The number of benzene rings is 1. The van der Waals surface area contributed by atoms with Gasteiger partial charge in [0.2, 0.25) is 5.91 Å². The molecule has 1 saturated carbocycles. The Hall–Kier alpha value is -1.94. The van der Waals surface area contributed by atoms with Crippen LogP contribution in [-0.2, 0) is 28.2 Å². The summed E-state index contributed by atoms with van der Waals surface area (Å²) >= 11 is 1.33. The van der Waals surface area contributed by atoms with E-state index in [1.54, 1.807) is 12.1 Å². The monoisotopic (exact) mass is 480 g/mol. The average Bonchev–Trinajstić information content (AvgIpc) is 3.33. The molecule has 2 heterocycles. The fraction of sp³-hybridized carbons (Fsp3) is 0.591. The van der Waals surface area contributed by atoms with E-state index in [-0.39, 0.29) is 40.9 Å². The number of amides is 1. The molecule has 1 aromatic heterocycles. The minimum Gasteiger partial charge on any atom is -0.335 e. The lowest BCUT2D eigenvalue weighted by atomic mass is 9.94. The predicted octanol–water partition coefficient (Wildman–Crippen LogP) is 3.31. The van der Waals surface area contributed by atoms with Crippen molar-refractivity contribution in [3.63, 3.8) is 0 Å². The first-order valence-electron chi connectivity index (χ1n) is 11.1. The van der Waals surface area contributed by atoms with E-state index in [0.29, 0.717) is 23.9 Å².